The SMILES string of the molecule is COCCOc1ccc(NC(=O)CNC(C)(C)C)cn1. The van der Waals surface area contributed by atoms with E-state index in [-0.39, 0.29) is 18.0 Å². The number of nitrogens with one attached hydrogen (secondary N) is 2. The molecule has 1 rings (SSSR count). The highest BCUT2D eigenvalue weighted by Gasteiger charge is 2.11. The van der Waals surface area contributed by atoms with Crippen LogP contribution in [0.15, 0.2) is 18.3 Å². The number of amides is 1. The highest BCUT2D eigenvalue weighted by Crippen LogP contribution is 2.11. The van der Waals surface area contributed by atoms with Crippen LogP contribution < -0.4 is 15.4 Å². The predicted molar refractivity (Wildman–Crippen MR) is 78.0 cm³/mol. The molecule has 1 amide bonds. The number of carbonyl (C=O) groups excluding carboxylic acids is 1. The maximum absolute atomic E-state index is 11.7. The van der Waals surface area contributed by atoms with Gasteiger partial charge in [-0.3, -0.25) is 4.79 Å². The van der Waals surface area contributed by atoms with E-state index in [9.17, 15) is 4.79 Å². The molecular formula is C14H23N3O3. The standard InChI is InChI=1S/C14H23N3O3/c1-14(2,3)16-10-12(18)17-11-5-6-13(15-9-11)20-8-7-19-4/h5-6,9,16H,7-8,10H2,1-4H3,(H,17,18). The number of methoxy groups -OCH3 is 1. The molecule has 0 saturated heterocycles. The normalized spacial score (nSPS) is 11.2. The second-order valence-electron chi connectivity index (χ2n) is 5.38. The number of hydrogen-bond donors (Lipinski definition) is 2. The zero-order valence-electron chi connectivity index (χ0n) is 12.5. The Morgan fingerprint density at radius 1 is 1.30 bits per heavy atom. The molecule has 112 valence electrons. The molecule has 0 fully saturated rings. The molecule has 1 heterocycles. The molecule has 1 aromatic rings. The van der Waals surface area contributed by atoms with Crippen LogP contribution in [0.3, 0.4) is 0 Å². The fourth-order valence-corrected chi connectivity index (χ4v) is 1.32. The van der Waals surface area contributed by atoms with Crippen molar-refractivity contribution in [3.05, 3.63) is 18.3 Å². The number of pyridine rings is 1. The Kier molecular flexibility index (Phi) is 6.41. The minimum absolute atomic E-state index is 0.0887. The third kappa shape index (κ3) is 7.06. The van der Waals surface area contributed by atoms with Gasteiger partial charge >= 0.3 is 0 Å². The minimum atomic E-state index is -0.102. The first-order chi connectivity index (χ1) is 9.40. The number of carbonyl (C=O) groups is 1. The first-order valence-electron chi connectivity index (χ1n) is 6.53. The number of aromatic nitrogens is 1. The van der Waals surface area contributed by atoms with Gasteiger partial charge in [-0.1, -0.05) is 0 Å². The number of hydrogen-bond acceptors (Lipinski definition) is 5. The van der Waals surface area contributed by atoms with Crippen LogP contribution >= 0.6 is 0 Å². The molecule has 0 aliphatic carbocycles. The van der Waals surface area contributed by atoms with Gasteiger partial charge in [-0.25, -0.2) is 4.98 Å². The first kappa shape index (κ1) is 16.4. The van der Waals surface area contributed by atoms with Crippen LogP contribution in [0.1, 0.15) is 20.8 Å². The second kappa shape index (κ2) is 7.81. The van der Waals surface area contributed by atoms with E-state index in [1.165, 1.54) is 0 Å². The molecule has 0 spiro atoms. The fourth-order valence-electron chi connectivity index (χ4n) is 1.32. The summed E-state index contributed by atoms with van der Waals surface area (Å²) < 4.78 is 10.2. The number of nitrogens with zero attached hydrogens (tertiary/aromatic N) is 1. The predicted octanol–water partition coefficient (Wildman–Crippen LogP) is 1.43. The largest absolute Gasteiger partial charge is 0.475 e. The summed E-state index contributed by atoms with van der Waals surface area (Å²) in [5.41, 5.74) is 0.555. The van der Waals surface area contributed by atoms with Crippen LogP contribution in [-0.4, -0.2) is 43.3 Å². The van der Waals surface area contributed by atoms with Crippen LogP contribution in [-0.2, 0) is 9.53 Å². The van der Waals surface area contributed by atoms with E-state index in [0.717, 1.165) is 0 Å². The zero-order chi connectivity index (χ0) is 15.0. The fraction of sp³-hybridized carbons (Fsp3) is 0.571. The second-order valence-corrected chi connectivity index (χ2v) is 5.38. The molecule has 0 saturated carbocycles. The van der Waals surface area contributed by atoms with Crippen molar-refractivity contribution in [2.75, 3.05) is 32.2 Å². The van der Waals surface area contributed by atoms with Crippen molar-refractivity contribution in [2.45, 2.75) is 26.3 Å². The van der Waals surface area contributed by atoms with Crippen molar-refractivity contribution in [1.82, 2.24) is 10.3 Å². The maximum Gasteiger partial charge on any atom is 0.238 e. The van der Waals surface area contributed by atoms with Crippen molar-refractivity contribution in [1.29, 1.82) is 0 Å². The molecule has 0 atom stereocenters. The Bertz CT molecular complexity index is 413. The molecule has 2 N–H and O–H groups in total. The van der Waals surface area contributed by atoms with Crippen LogP contribution in [0.25, 0.3) is 0 Å². The van der Waals surface area contributed by atoms with Gasteiger partial charge in [-0.15, -0.1) is 0 Å². The van der Waals surface area contributed by atoms with E-state index in [1.54, 1.807) is 25.4 Å². The lowest BCUT2D eigenvalue weighted by molar-refractivity contribution is -0.115. The number of ether oxygens (including phenoxy) is 2. The summed E-state index contributed by atoms with van der Waals surface area (Å²) >= 11 is 0. The lowest BCUT2D eigenvalue weighted by Gasteiger charge is -2.19. The van der Waals surface area contributed by atoms with E-state index in [4.69, 9.17) is 9.47 Å². The smallest absolute Gasteiger partial charge is 0.238 e. The average Bonchev–Trinajstić information content (AvgIpc) is 2.38. The Morgan fingerprint density at radius 3 is 2.60 bits per heavy atom. The highest BCUT2D eigenvalue weighted by atomic mass is 16.5. The van der Waals surface area contributed by atoms with Crippen LogP contribution in [0, 0.1) is 0 Å². The van der Waals surface area contributed by atoms with Crippen molar-refractivity contribution >= 4 is 11.6 Å². The topological polar surface area (TPSA) is 72.5 Å². The highest BCUT2D eigenvalue weighted by molar-refractivity contribution is 5.92. The average molecular weight is 281 g/mol. The molecule has 20 heavy (non-hydrogen) atoms. The van der Waals surface area contributed by atoms with Gasteiger partial charge in [-0.05, 0) is 26.8 Å². The Hall–Kier alpha value is -1.66. The molecule has 0 unspecified atom stereocenters. The molecule has 0 aromatic carbocycles. The van der Waals surface area contributed by atoms with E-state index < -0.39 is 0 Å². The molecule has 0 radical (unpaired) electrons. The lowest BCUT2D eigenvalue weighted by Crippen LogP contribution is -2.41. The zero-order valence-corrected chi connectivity index (χ0v) is 12.5. The van der Waals surface area contributed by atoms with Gasteiger partial charge in [0.05, 0.1) is 25.0 Å². The summed E-state index contributed by atoms with van der Waals surface area (Å²) in [6.45, 7) is 7.24. The quantitative estimate of drug-likeness (QED) is 0.740. The van der Waals surface area contributed by atoms with Gasteiger partial charge in [0.2, 0.25) is 11.8 Å². The summed E-state index contributed by atoms with van der Waals surface area (Å²) in [6, 6.07) is 3.46. The molecule has 6 heteroatoms. The van der Waals surface area contributed by atoms with Crippen LogP contribution in [0.2, 0.25) is 0 Å². The molecule has 1 aromatic heterocycles. The summed E-state index contributed by atoms with van der Waals surface area (Å²) in [5.74, 6) is 0.405. The van der Waals surface area contributed by atoms with E-state index in [2.05, 4.69) is 15.6 Å². The van der Waals surface area contributed by atoms with E-state index in [1.807, 2.05) is 20.8 Å². The first-order valence-corrected chi connectivity index (χ1v) is 6.53. The van der Waals surface area contributed by atoms with Gasteiger partial charge < -0.3 is 20.1 Å². The monoisotopic (exact) mass is 281 g/mol. The summed E-state index contributed by atoms with van der Waals surface area (Å²) in [7, 11) is 1.61. The summed E-state index contributed by atoms with van der Waals surface area (Å²) in [5, 5.41) is 5.88. The van der Waals surface area contributed by atoms with Crippen molar-refractivity contribution < 1.29 is 14.3 Å². The third-order valence-corrected chi connectivity index (χ3v) is 2.34. The van der Waals surface area contributed by atoms with Gasteiger partial charge in [0.15, 0.2) is 0 Å². The Labute approximate surface area is 119 Å². The van der Waals surface area contributed by atoms with Gasteiger partial charge in [0, 0.05) is 18.7 Å². The Morgan fingerprint density at radius 2 is 2.05 bits per heavy atom. The van der Waals surface area contributed by atoms with Gasteiger partial charge in [0.1, 0.15) is 6.61 Å². The van der Waals surface area contributed by atoms with E-state index >= 15 is 0 Å². The molecule has 0 aliphatic rings. The number of anilines is 1. The van der Waals surface area contributed by atoms with Crippen molar-refractivity contribution in [3.8, 4) is 5.88 Å². The summed E-state index contributed by atoms with van der Waals surface area (Å²) in [6.07, 6.45) is 1.57. The Balaban J connectivity index is 2.39. The van der Waals surface area contributed by atoms with Crippen molar-refractivity contribution in [2.24, 2.45) is 0 Å². The van der Waals surface area contributed by atoms with Crippen molar-refractivity contribution in [3.63, 3.8) is 0 Å². The maximum atomic E-state index is 11.7. The number of rotatable bonds is 7. The molecule has 0 aliphatic heterocycles. The lowest BCUT2D eigenvalue weighted by atomic mass is 10.1. The molecule has 6 nitrogen and oxygen atoms in total. The van der Waals surface area contributed by atoms with Crippen LogP contribution in [0.5, 0.6) is 5.88 Å². The molecule has 0 bridgehead atoms. The van der Waals surface area contributed by atoms with Gasteiger partial charge in [0.25, 0.3) is 0 Å². The molecular weight excluding hydrogens is 258 g/mol. The summed E-state index contributed by atoms with van der Waals surface area (Å²) in [4.78, 5) is 15.8. The van der Waals surface area contributed by atoms with E-state index in [0.29, 0.717) is 24.8 Å². The third-order valence-electron chi connectivity index (χ3n) is 2.34. The minimum Gasteiger partial charge on any atom is -0.475 e. The van der Waals surface area contributed by atoms with Gasteiger partial charge in [-0.2, -0.15) is 0 Å². The van der Waals surface area contributed by atoms with Crippen LogP contribution in [0.4, 0.5) is 5.69 Å².